The van der Waals surface area contributed by atoms with Crippen LogP contribution < -0.4 is 9.47 Å². The third-order valence-corrected chi connectivity index (χ3v) is 9.51. The highest BCUT2D eigenvalue weighted by Crippen LogP contribution is 2.26. The van der Waals surface area contributed by atoms with Crippen LogP contribution in [0.5, 0.6) is 11.5 Å². The molecule has 0 saturated heterocycles. The molecule has 290 valence electrons. The predicted molar refractivity (Wildman–Crippen MR) is 191 cm³/mol. The van der Waals surface area contributed by atoms with Crippen molar-refractivity contribution in [1.82, 2.24) is 0 Å². The molecule has 3 aromatic carbocycles. The van der Waals surface area contributed by atoms with E-state index in [9.17, 15) is 16.8 Å². The number of benzene rings is 3. The fourth-order valence-corrected chi connectivity index (χ4v) is 5.93. The minimum Gasteiger partial charge on any atom is -0.487 e. The van der Waals surface area contributed by atoms with E-state index in [1.165, 1.54) is 24.3 Å². The van der Waals surface area contributed by atoms with Gasteiger partial charge >= 0.3 is 0 Å². The highest BCUT2D eigenvalue weighted by Gasteiger charge is 2.15. The summed E-state index contributed by atoms with van der Waals surface area (Å²) in [6, 6.07) is 20.2. The maximum atomic E-state index is 12.1. The maximum absolute atomic E-state index is 12.1. The predicted octanol–water partition coefficient (Wildman–Crippen LogP) is 3.97. The van der Waals surface area contributed by atoms with Crippen molar-refractivity contribution in [3.05, 3.63) is 83.9 Å². The zero-order valence-electron chi connectivity index (χ0n) is 29.8. The van der Waals surface area contributed by atoms with Gasteiger partial charge in [-0.15, -0.1) is 0 Å². The van der Waals surface area contributed by atoms with Crippen molar-refractivity contribution in [2.24, 2.45) is 0 Å². The minimum absolute atomic E-state index is 0.0804. The molecule has 0 heterocycles. The number of aryl methyl sites for hydroxylation is 2. The van der Waals surface area contributed by atoms with Gasteiger partial charge in [0, 0.05) is 0 Å². The van der Waals surface area contributed by atoms with Gasteiger partial charge in [-0.25, -0.2) is 0 Å². The fraction of sp³-hybridized carbons (Fsp3) is 0.500. The van der Waals surface area contributed by atoms with Gasteiger partial charge in [-0.2, -0.15) is 16.8 Å². The van der Waals surface area contributed by atoms with Crippen molar-refractivity contribution in [3.63, 3.8) is 0 Å². The Morgan fingerprint density at radius 3 is 0.942 bits per heavy atom. The molecule has 0 N–H and O–H groups in total. The molecule has 3 rings (SSSR count). The van der Waals surface area contributed by atoms with E-state index in [-0.39, 0.29) is 36.2 Å². The molecule has 0 spiro atoms. The van der Waals surface area contributed by atoms with Crippen LogP contribution in [-0.4, -0.2) is 123 Å². The number of hydrogen-bond acceptors (Lipinski definition) is 14. The lowest BCUT2D eigenvalue weighted by Crippen LogP contribution is -2.15. The van der Waals surface area contributed by atoms with Gasteiger partial charge in [0.15, 0.2) is 11.5 Å². The Hall–Kier alpha value is -3.16. The lowest BCUT2D eigenvalue weighted by molar-refractivity contribution is 0.00398. The van der Waals surface area contributed by atoms with E-state index in [0.717, 1.165) is 11.1 Å². The molecule has 0 atom stereocenters. The van der Waals surface area contributed by atoms with E-state index < -0.39 is 20.2 Å². The van der Waals surface area contributed by atoms with Crippen molar-refractivity contribution in [2.75, 3.05) is 106 Å². The Balaban J connectivity index is 1.09. The minimum atomic E-state index is -3.80. The first-order valence-corrected chi connectivity index (χ1v) is 19.7. The molecule has 0 saturated carbocycles. The van der Waals surface area contributed by atoms with Crippen molar-refractivity contribution < 1.29 is 63.1 Å². The van der Waals surface area contributed by atoms with E-state index in [4.69, 9.17) is 46.3 Å². The van der Waals surface area contributed by atoms with Crippen molar-refractivity contribution in [3.8, 4) is 11.5 Å². The first-order valence-electron chi connectivity index (χ1n) is 16.9. The molecular weight excluding hydrogens is 721 g/mol. The van der Waals surface area contributed by atoms with E-state index in [1.807, 2.05) is 38.1 Å². The molecule has 0 aliphatic heterocycles. The Bertz CT molecular complexity index is 1480. The summed E-state index contributed by atoms with van der Waals surface area (Å²) in [6.45, 7) is 8.00. The molecule has 3 aromatic rings. The molecule has 0 fully saturated rings. The second kappa shape index (κ2) is 25.0. The molecule has 0 amide bonds. The van der Waals surface area contributed by atoms with Gasteiger partial charge in [-0.05, 0) is 50.2 Å². The van der Waals surface area contributed by atoms with Crippen LogP contribution in [0, 0.1) is 13.8 Å². The molecule has 0 radical (unpaired) electrons. The topological polar surface area (TPSA) is 161 Å². The number of rotatable bonds is 30. The summed E-state index contributed by atoms with van der Waals surface area (Å²) >= 11 is 0. The normalized spacial score (nSPS) is 11.9. The number of hydrogen-bond donors (Lipinski definition) is 0. The van der Waals surface area contributed by atoms with Gasteiger partial charge in [0.25, 0.3) is 20.2 Å². The molecular formula is C36H50O14S2. The molecule has 0 bridgehead atoms. The maximum Gasteiger partial charge on any atom is 0.297 e. The van der Waals surface area contributed by atoms with Crippen molar-refractivity contribution in [1.29, 1.82) is 0 Å². The molecule has 0 aliphatic rings. The molecule has 0 aromatic heterocycles. The zero-order valence-corrected chi connectivity index (χ0v) is 31.4. The summed E-state index contributed by atoms with van der Waals surface area (Å²) in [6.07, 6.45) is 0. The Morgan fingerprint density at radius 1 is 0.365 bits per heavy atom. The van der Waals surface area contributed by atoms with E-state index >= 15 is 0 Å². The monoisotopic (exact) mass is 770 g/mol. The van der Waals surface area contributed by atoms with Gasteiger partial charge in [0.05, 0.1) is 102 Å². The smallest absolute Gasteiger partial charge is 0.297 e. The van der Waals surface area contributed by atoms with Crippen LogP contribution in [0.1, 0.15) is 11.1 Å². The summed E-state index contributed by atoms with van der Waals surface area (Å²) in [5, 5.41) is 0. The molecule has 52 heavy (non-hydrogen) atoms. The third-order valence-electron chi connectivity index (χ3n) is 6.86. The van der Waals surface area contributed by atoms with Gasteiger partial charge in [0.1, 0.15) is 13.2 Å². The van der Waals surface area contributed by atoms with Gasteiger partial charge < -0.3 is 37.9 Å². The van der Waals surface area contributed by atoms with Crippen LogP contribution >= 0.6 is 0 Å². The van der Waals surface area contributed by atoms with Crippen LogP contribution in [0.3, 0.4) is 0 Å². The number of para-hydroxylation sites is 2. The molecule has 16 heteroatoms. The molecule has 0 unspecified atom stereocenters. The lowest BCUT2D eigenvalue weighted by atomic mass is 10.2. The summed E-state index contributed by atoms with van der Waals surface area (Å²) in [5.41, 5.74) is 1.93. The average molecular weight is 771 g/mol. The number of ether oxygens (including phenoxy) is 8. The van der Waals surface area contributed by atoms with Gasteiger partial charge in [-0.3, -0.25) is 8.37 Å². The van der Waals surface area contributed by atoms with E-state index in [1.54, 1.807) is 24.3 Å². The second-order valence-corrected chi connectivity index (χ2v) is 14.2. The quantitative estimate of drug-likeness (QED) is 0.0708. The van der Waals surface area contributed by atoms with Crippen LogP contribution in [-0.2, 0) is 57.0 Å². The summed E-state index contributed by atoms with van der Waals surface area (Å²) in [4.78, 5) is 0.229. The van der Waals surface area contributed by atoms with E-state index in [0.29, 0.717) is 90.8 Å². The average Bonchev–Trinajstić information content (AvgIpc) is 3.13. The summed E-state index contributed by atoms with van der Waals surface area (Å²) in [7, 11) is -7.60. The van der Waals surface area contributed by atoms with Crippen molar-refractivity contribution >= 4 is 20.2 Å². The first-order chi connectivity index (χ1) is 25.2. The second-order valence-electron chi connectivity index (χ2n) is 11.0. The molecule has 14 nitrogen and oxygen atoms in total. The highest BCUT2D eigenvalue weighted by molar-refractivity contribution is 7.87. The summed E-state index contributed by atoms with van der Waals surface area (Å²) < 4.78 is 103. The highest BCUT2D eigenvalue weighted by atomic mass is 32.2. The zero-order chi connectivity index (χ0) is 37.3. The lowest BCUT2D eigenvalue weighted by Gasteiger charge is -2.13. The largest absolute Gasteiger partial charge is 0.487 e. The molecule has 0 aliphatic carbocycles. The fourth-order valence-electron chi connectivity index (χ4n) is 4.14. The Morgan fingerprint density at radius 2 is 0.635 bits per heavy atom. The first kappa shape index (κ1) is 43.2. The van der Waals surface area contributed by atoms with Crippen LogP contribution in [0.2, 0.25) is 0 Å². The van der Waals surface area contributed by atoms with Crippen molar-refractivity contribution in [2.45, 2.75) is 23.6 Å². The van der Waals surface area contributed by atoms with Crippen LogP contribution in [0.15, 0.2) is 82.6 Å². The Kier molecular flexibility index (Phi) is 20.8. The van der Waals surface area contributed by atoms with Gasteiger partial charge in [0.2, 0.25) is 0 Å². The van der Waals surface area contributed by atoms with Gasteiger partial charge in [-0.1, -0.05) is 47.5 Å². The standard InChI is InChI=1S/C36H50O14S2/c1-31-7-11-33(12-8-31)51(37,38)49-29-25-45-21-17-41-15-19-43-23-27-47-35-5-3-4-6-36(35)48-28-24-44-20-16-42-18-22-46-26-30-50-52(39,40)34-13-9-32(2)10-14-34/h3-14H,15-30H2,1-2H3. The summed E-state index contributed by atoms with van der Waals surface area (Å²) in [5.74, 6) is 1.19. The van der Waals surface area contributed by atoms with Crippen LogP contribution in [0.25, 0.3) is 0 Å². The Labute approximate surface area is 307 Å². The SMILES string of the molecule is Cc1ccc(S(=O)(=O)OCCOCCOCCOCCOc2ccccc2OCCOCCOCCOCCOS(=O)(=O)c2ccc(C)cc2)cc1. The van der Waals surface area contributed by atoms with Crippen LogP contribution in [0.4, 0.5) is 0 Å². The third kappa shape index (κ3) is 18.1. The van der Waals surface area contributed by atoms with E-state index in [2.05, 4.69) is 0 Å².